The Morgan fingerprint density at radius 3 is 2.80 bits per heavy atom. The van der Waals surface area contributed by atoms with Gasteiger partial charge in [0.25, 0.3) is 0 Å². The zero-order valence-electron chi connectivity index (χ0n) is 7.90. The van der Waals surface area contributed by atoms with Crippen LogP contribution >= 0.6 is 8.52 Å². The zero-order valence-corrected chi connectivity index (χ0v) is 14.2. The number of carbonyl (C=O) groups excluding carboxylic acids is 1. The van der Waals surface area contributed by atoms with Crippen molar-refractivity contribution in [2.75, 3.05) is 0 Å². The summed E-state index contributed by atoms with van der Waals surface area (Å²) in [6, 6.07) is 6.41. The van der Waals surface area contributed by atoms with Gasteiger partial charge in [0.15, 0.2) is 0 Å². The van der Waals surface area contributed by atoms with E-state index in [0.717, 1.165) is 0 Å². The summed E-state index contributed by atoms with van der Waals surface area (Å²) in [6.07, 6.45) is 0. The summed E-state index contributed by atoms with van der Waals surface area (Å²) in [4.78, 5) is 11.4. The first-order chi connectivity index (χ1) is 6.75. The third-order valence-corrected chi connectivity index (χ3v) is 10.5. The number of benzene rings is 1. The second-order valence-corrected chi connectivity index (χ2v) is 14.9. The fourth-order valence-corrected chi connectivity index (χ4v) is 5.48. The van der Waals surface area contributed by atoms with Gasteiger partial charge >= 0.3 is 128 Å². The molecule has 1 aromatic carbocycles. The molecule has 0 aliphatic rings. The predicted molar refractivity (Wildman–Crippen MR) is 58.7 cm³/mol. The van der Waals surface area contributed by atoms with Gasteiger partial charge in [-0.05, 0) is 0 Å². The van der Waals surface area contributed by atoms with Crippen LogP contribution in [0, 0.1) is 0 Å². The molecule has 0 aromatic heterocycles. The van der Waals surface area contributed by atoms with Crippen LogP contribution in [0.3, 0.4) is 0 Å². The van der Waals surface area contributed by atoms with E-state index in [0.29, 0.717) is 0 Å². The Bertz CT molecular complexity index is 322. The summed E-state index contributed by atoms with van der Waals surface area (Å²) in [5.74, 6) is -0.465. The molecule has 0 aliphatic carbocycles. The molecule has 0 fully saturated rings. The van der Waals surface area contributed by atoms with E-state index in [1.165, 1.54) is 18.5 Å². The van der Waals surface area contributed by atoms with Crippen molar-refractivity contribution in [3.63, 3.8) is 0 Å². The Balaban J connectivity index is 0.00000196. The van der Waals surface area contributed by atoms with Gasteiger partial charge in [-0.15, -0.1) is 0 Å². The number of hydrogen-bond donors (Lipinski definition) is 1. The molecule has 0 spiro atoms. The number of hydrogen-bond acceptors (Lipinski definition) is 4. The molecular weight excluding hydrogens is 412 g/mol. The fraction of sp³-hybridized carbons (Fsp3) is 0.222. The van der Waals surface area contributed by atoms with Crippen LogP contribution < -0.4 is 0 Å². The zero-order chi connectivity index (χ0) is 10.4. The third-order valence-electron chi connectivity index (χ3n) is 1.55. The molecule has 0 radical (unpaired) electrons. The number of aromatic hydroxyl groups is 1. The Morgan fingerprint density at radius 1 is 1.53 bits per heavy atom. The topological polar surface area (TPSA) is 46.5 Å². The van der Waals surface area contributed by atoms with E-state index in [-0.39, 0.29) is 40.9 Å². The van der Waals surface area contributed by atoms with Crippen LogP contribution in [-0.2, 0) is 27.2 Å². The van der Waals surface area contributed by atoms with E-state index in [1.807, 2.05) is 0 Å². The van der Waals surface area contributed by atoms with Crippen molar-refractivity contribution in [1.82, 2.24) is 0 Å². The maximum atomic E-state index is 11.4. The maximum absolute atomic E-state index is 11.4. The van der Waals surface area contributed by atoms with Crippen molar-refractivity contribution < 1.29 is 37.1 Å². The summed E-state index contributed by atoms with van der Waals surface area (Å²) in [7, 11) is 1.33. The van der Waals surface area contributed by atoms with Gasteiger partial charge in [-0.1, -0.05) is 0 Å². The standard InChI is InChI=1S/C7H6O3S.C2H5.Hg.Na.H/c8-6-4-2-1-3-5(6)7(9)10-11;1-2;;;/h1-4,8,11H;1H2,2H3;;;/q;;+1;;/p-1. The molecule has 6 heteroatoms. The van der Waals surface area contributed by atoms with E-state index in [4.69, 9.17) is 4.18 Å². The van der Waals surface area contributed by atoms with Gasteiger partial charge in [0.05, 0.1) is 0 Å². The molecule has 74 valence electrons. The molecule has 0 unspecified atom stereocenters. The van der Waals surface area contributed by atoms with Gasteiger partial charge in [-0.2, -0.15) is 0 Å². The van der Waals surface area contributed by atoms with Crippen LogP contribution in [0.15, 0.2) is 24.3 Å². The van der Waals surface area contributed by atoms with Gasteiger partial charge in [-0.25, -0.2) is 0 Å². The van der Waals surface area contributed by atoms with Gasteiger partial charge in [-0.3, -0.25) is 0 Å². The number of phenols is 1. The number of carbonyl (C=O) groups is 1. The van der Waals surface area contributed by atoms with Gasteiger partial charge < -0.3 is 0 Å². The van der Waals surface area contributed by atoms with Crippen LogP contribution in [0.25, 0.3) is 0 Å². The summed E-state index contributed by atoms with van der Waals surface area (Å²) < 4.78 is 6.13. The SMILES string of the molecule is C[CH2][Hg][S]OC(=O)c1ccccc1O.[NaH]. The third kappa shape index (κ3) is 5.59. The molecule has 0 atom stereocenters. The Hall–Kier alpha value is 0.775. The van der Waals surface area contributed by atoms with Gasteiger partial charge in [0.1, 0.15) is 0 Å². The van der Waals surface area contributed by atoms with Crippen molar-refractivity contribution >= 4 is 44.0 Å². The molecule has 0 bridgehead atoms. The first kappa shape index (κ1) is 15.8. The van der Waals surface area contributed by atoms with Crippen molar-refractivity contribution in [1.29, 1.82) is 0 Å². The van der Waals surface area contributed by atoms with Crippen LogP contribution in [0.2, 0.25) is 3.93 Å². The molecule has 1 aromatic rings. The molecule has 0 aliphatic heterocycles. The first-order valence-corrected chi connectivity index (χ1v) is 15.9. The second-order valence-electron chi connectivity index (χ2n) is 2.71. The molecule has 1 N–H and O–H groups in total. The van der Waals surface area contributed by atoms with E-state index in [9.17, 15) is 9.90 Å². The normalized spacial score (nSPS) is 8.60. The van der Waals surface area contributed by atoms with E-state index >= 15 is 0 Å². The Kier molecular flexibility index (Phi) is 9.33. The molecule has 0 amide bonds. The van der Waals surface area contributed by atoms with Crippen LogP contribution in [0.4, 0.5) is 0 Å². The van der Waals surface area contributed by atoms with Crippen molar-refractivity contribution in [2.24, 2.45) is 0 Å². The van der Waals surface area contributed by atoms with Crippen LogP contribution in [0.1, 0.15) is 17.3 Å². The first-order valence-electron chi connectivity index (χ1n) is 4.37. The molecule has 0 saturated carbocycles. The molecular formula is C9H11HgNaO3S. The van der Waals surface area contributed by atoms with E-state index < -0.39 is 29.0 Å². The number of para-hydroxylation sites is 1. The van der Waals surface area contributed by atoms with Crippen molar-refractivity contribution in [2.45, 2.75) is 10.9 Å². The van der Waals surface area contributed by atoms with E-state index in [1.54, 1.807) is 18.2 Å². The molecule has 0 saturated heterocycles. The van der Waals surface area contributed by atoms with Gasteiger partial charge in [0, 0.05) is 0 Å². The predicted octanol–water partition coefficient (Wildman–Crippen LogP) is 1.98. The summed E-state index contributed by atoms with van der Waals surface area (Å²) in [5, 5.41) is 9.35. The van der Waals surface area contributed by atoms with Crippen LogP contribution in [0.5, 0.6) is 5.75 Å². The average Bonchev–Trinajstić information content (AvgIpc) is 2.18. The van der Waals surface area contributed by atoms with E-state index in [2.05, 4.69) is 6.92 Å². The van der Waals surface area contributed by atoms with Crippen molar-refractivity contribution in [3.05, 3.63) is 29.8 Å². The van der Waals surface area contributed by atoms with Gasteiger partial charge in [0.2, 0.25) is 0 Å². The molecule has 15 heavy (non-hydrogen) atoms. The monoisotopic (exact) mass is 424 g/mol. The minimum atomic E-state index is -1.01. The summed E-state index contributed by atoms with van der Waals surface area (Å²) in [5.41, 5.74) is 0.240. The minimum absolute atomic E-state index is 0. The quantitative estimate of drug-likeness (QED) is 0.458. The van der Waals surface area contributed by atoms with Crippen LogP contribution in [-0.4, -0.2) is 40.6 Å². The second kappa shape index (κ2) is 8.87. The fourth-order valence-electron chi connectivity index (χ4n) is 0.870. The number of rotatable bonds is 4. The Labute approximate surface area is 126 Å². The number of phenolic OH excluding ortho intramolecular Hbond substituents is 1. The summed E-state index contributed by atoms with van der Waals surface area (Å²) in [6.45, 7) is 2.10. The molecule has 1 rings (SSSR count). The summed E-state index contributed by atoms with van der Waals surface area (Å²) >= 11 is -1.01. The average molecular weight is 423 g/mol. The van der Waals surface area contributed by atoms with Crippen molar-refractivity contribution in [3.8, 4) is 5.75 Å². The molecule has 0 heterocycles. The Morgan fingerprint density at radius 2 is 2.20 bits per heavy atom. The molecule has 3 nitrogen and oxygen atoms in total.